The Morgan fingerprint density at radius 1 is 1.06 bits per heavy atom. The second-order valence-electron chi connectivity index (χ2n) is 8.67. The largest absolute Gasteiger partial charge is 0.342 e. The van der Waals surface area contributed by atoms with Crippen LogP contribution in [0.4, 0.5) is 8.78 Å². The molecule has 2 atom stereocenters. The molecule has 2 aromatic rings. The van der Waals surface area contributed by atoms with Crippen LogP contribution < -0.4 is 0 Å². The van der Waals surface area contributed by atoms with Crippen molar-refractivity contribution in [3.8, 4) is 0 Å². The van der Waals surface area contributed by atoms with Crippen LogP contribution >= 0.6 is 0 Å². The summed E-state index contributed by atoms with van der Waals surface area (Å²) in [5.41, 5.74) is 0.389. The third kappa shape index (κ3) is 3.22. The van der Waals surface area contributed by atoms with Crippen molar-refractivity contribution >= 4 is 11.8 Å². The number of likely N-dealkylation sites (tertiary alicyclic amines) is 1. The molecule has 5 rings (SSSR count). The summed E-state index contributed by atoms with van der Waals surface area (Å²) in [7, 11) is 0. The Kier molecular flexibility index (Phi) is 4.81. The van der Waals surface area contributed by atoms with E-state index in [0.717, 1.165) is 5.56 Å². The second kappa shape index (κ2) is 7.41. The van der Waals surface area contributed by atoms with E-state index in [4.69, 9.17) is 4.74 Å². The molecule has 3 fully saturated rings. The maximum absolute atomic E-state index is 14.4. The summed E-state index contributed by atoms with van der Waals surface area (Å²) in [6.07, 6.45) is 1.65. The topological polar surface area (TPSA) is 49.9 Å². The number of hydrogen-bond acceptors (Lipinski definition) is 3. The van der Waals surface area contributed by atoms with E-state index >= 15 is 0 Å². The van der Waals surface area contributed by atoms with E-state index in [0.29, 0.717) is 44.3 Å². The number of carbonyl (C=O) groups excluding carboxylic acids is 2. The zero-order valence-electron chi connectivity index (χ0n) is 17.3. The number of fused-ring (bicyclic) bond motifs is 1. The van der Waals surface area contributed by atoms with Crippen molar-refractivity contribution in [2.75, 3.05) is 13.1 Å². The van der Waals surface area contributed by atoms with Gasteiger partial charge in [-0.25, -0.2) is 8.78 Å². The van der Waals surface area contributed by atoms with Gasteiger partial charge in [0.05, 0.1) is 11.6 Å². The quantitative estimate of drug-likeness (QED) is 0.730. The van der Waals surface area contributed by atoms with Crippen LogP contribution in [0.25, 0.3) is 0 Å². The lowest BCUT2D eigenvalue weighted by Crippen LogP contribution is -2.51. The summed E-state index contributed by atoms with van der Waals surface area (Å²) in [5, 5.41) is 0. The first-order valence-electron chi connectivity index (χ1n) is 10.7. The maximum atomic E-state index is 14.4. The van der Waals surface area contributed by atoms with E-state index in [1.165, 1.54) is 12.1 Å². The number of halogens is 2. The van der Waals surface area contributed by atoms with Crippen molar-refractivity contribution in [1.29, 1.82) is 0 Å². The highest BCUT2D eigenvalue weighted by Crippen LogP contribution is 2.48. The fourth-order valence-corrected chi connectivity index (χ4v) is 5.14. The number of piperidine rings is 1. The molecule has 0 aromatic heterocycles. The van der Waals surface area contributed by atoms with Gasteiger partial charge in [0, 0.05) is 31.5 Å². The van der Waals surface area contributed by atoms with Gasteiger partial charge < -0.3 is 14.5 Å². The summed E-state index contributed by atoms with van der Waals surface area (Å²) in [4.78, 5) is 29.5. The Morgan fingerprint density at radius 3 is 2.55 bits per heavy atom. The minimum atomic E-state index is -0.990. The first kappa shape index (κ1) is 20.1. The van der Waals surface area contributed by atoms with Crippen LogP contribution in [0.1, 0.15) is 53.2 Å². The van der Waals surface area contributed by atoms with Gasteiger partial charge in [-0.15, -0.1) is 0 Å². The second-order valence-corrected chi connectivity index (χ2v) is 8.67. The van der Waals surface area contributed by atoms with Crippen LogP contribution in [0.2, 0.25) is 0 Å². The zero-order chi connectivity index (χ0) is 21.8. The third-order valence-corrected chi connectivity index (χ3v) is 6.79. The Bertz CT molecular complexity index is 1050. The highest BCUT2D eigenvalue weighted by molar-refractivity contribution is 5.95. The number of nitrogens with zero attached hydrogens (tertiary/aromatic N) is 2. The molecule has 7 heteroatoms. The SMILES string of the molecule is Cc1ccc(F)c(C(=O)N2CCC3(CC2)O[C@@H]2CC[C@@H](c4ccccc4F)N2C3=O)c1. The first-order chi connectivity index (χ1) is 14.9. The standard InChI is InChI=1S/C24H24F2N2O3/c1-15-6-7-19(26)17(14-15)22(29)27-12-10-24(11-13-27)23(30)28-20(8-9-21(28)31-24)16-4-2-3-5-18(16)25/h2-7,14,20-21H,8-13H2,1H3/t20-,21+/m0/s1. The van der Waals surface area contributed by atoms with Gasteiger partial charge in [0.25, 0.3) is 11.8 Å². The smallest absolute Gasteiger partial charge is 0.257 e. The summed E-state index contributed by atoms with van der Waals surface area (Å²) in [6, 6.07) is 10.7. The van der Waals surface area contributed by atoms with E-state index in [-0.39, 0.29) is 35.5 Å². The molecule has 2 aromatic carbocycles. The number of ether oxygens (including phenoxy) is 1. The fraction of sp³-hybridized carbons (Fsp3) is 0.417. The molecule has 0 N–H and O–H groups in total. The Hall–Kier alpha value is -2.80. The highest BCUT2D eigenvalue weighted by atomic mass is 19.1. The molecule has 0 bridgehead atoms. The van der Waals surface area contributed by atoms with Crippen LogP contribution in [0.3, 0.4) is 0 Å². The van der Waals surface area contributed by atoms with Gasteiger partial charge in [0.15, 0.2) is 5.60 Å². The molecule has 3 aliphatic heterocycles. The minimum absolute atomic E-state index is 0.0508. The molecule has 0 unspecified atom stereocenters. The monoisotopic (exact) mass is 426 g/mol. The van der Waals surface area contributed by atoms with Crippen LogP contribution in [0.5, 0.6) is 0 Å². The van der Waals surface area contributed by atoms with Crippen molar-refractivity contribution in [1.82, 2.24) is 9.80 Å². The van der Waals surface area contributed by atoms with E-state index in [2.05, 4.69) is 0 Å². The van der Waals surface area contributed by atoms with Crippen molar-refractivity contribution in [2.24, 2.45) is 0 Å². The summed E-state index contributed by atoms with van der Waals surface area (Å²) < 4.78 is 34.8. The van der Waals surface area contributed by atoms with Gasteiger partial charge in [-0.3, -0.25) is 9.59 Å². The lowest BCUT2D eigenvalue weighted by atomic mass is 9.89. The number of carbonyl (C=O) groups is 2. The molecule has 31 heavy (non-hydrogen) atoms. The number of benzene rings is 2. The van der Waals surface area contributed by atoms with Crippen LogP contribution in [0, 0.1) is 18.6 Å². The predicted octanol–water partition coefficient (Wildman–Crippen LogP) is 3.97. The molecule has 3 heterocycles. The van der Waals surface area contributed by atoms with E-state index in [1.54, 1.807) is 40.1 Å². The number of hydrogen-bond donors (Lipinski definition) is 0. The lowest BCUT2D eigenvalue weighted by molar-refractivity contribution is -0.142. The highest BCUT2D eigenvalue weighted by Gasteiger charge is 2.58. The van der Waals surface area contributed by atoms with E-state index < -0.39 is 11.4 Å². The number of rotatable bonds is 2. The van der Waals surface area contributed by atoms with Crippen molar-refractivity contribution < 1.29 is 23.1 Å². The molecule has 0 saturated carbocycles. The Labute approximate surface area is 179 Å². The predicted molar refractivity (Wildman–Crippen MR) is 109 cm³/mol. The molecule has 2 amide bonds. The average Bonchev–Trinajstić information content (AvgIpc) is 3.28. The molecule has 3 saturated heterocycles. The van der Waals surface area contributed by atoms with Gasteiger partial charge in [-0.05, 0) is 38.0 Å². The molecule has 3 aliphatic rings. The Balaban J connectivity index is 1.32. The van der Waals surface area contributed by atoms with Crippen LogP contribution in [0.15, 0.2) is 42.5 Å². The summed E-state index contributed by atoms with van der Waals surface area (Å²) in [6.45, 7) is 2.43. The average molecular weight is 426 g/mol. The number of aryl methyl sites for hydroxylation is 1. The molecule has 5 nitrogen and oxygen atoms in total. The minimum Gasteiger partial charge on any atom is -0.342 e. The van der Waals surface area contributed by atoms with Crippen molar-refractivity contribution in [2.45, 2.75) is 50.5 Å². The zero-order valence-corrected chi connectivity index (χ0v) is 17.3. The van der Waals surface area contributed by atoms with Gasteiger partial charge >= 0.3 is 0 Å². The molecular weight excluding hydrogens is 402 g/mol. The molecule has 0 aliphatic carbocycles. The van der Waals surface area contributed by atoms with Gasteiger partial charge in [-0.1, -0.05) is 29.8 Å². The van der Waals surface area contributed by atoms with E-state index in [1.807, 2.05) is 6.92 Å². The summed E-state index contributed by atoms with van der Waals surface area (Å²) in [5.74, 6) is -1.36. The molecule has 162 valence electrons. The van der Waals surface area contributed by atoms with E-state index in [9.17, 15) is 18.4 Å². The molecule has 0 radical (unpaired) electrons. The third-order valence-electron chi connectivity index (χ3n) is 6.79. The number of amides is 2. The Morgan fingerprint density at radius 2 is 1.81 bits per heavy atom. The van der Waals surface area contributed by atoms with Gasteiger partial charge in [-0.2, -0.15) is 0 Å². The van der Waals surface area contributed by atoms with Gasteiger partial charge in [0.2, 0.25) is 0 Å². The normalized spacial score (nSPS) is 24.7. The van der Waals surface area contributed by atoms with Crippen LogP contribution in [-0.4, -0.2) is 46.5 Å². The van der Waals surface area contributed by atoms with Gasteiger partial charge in [0.1, 0.15) is 17.9 Å². The summed E-state index contributed by atoms with van der Waals surface area (Å²) >= 11 is 0. The molecular formula is C24H24F2N2O3. The maximum Gasteiger partial charge on any atom is 0.257 e. The van der Waals surface area contributed by atoms with Crippen molar-refractivity contribution in [3.63, 3.8) is 0 Å². The molecule has 1 spiro atoms. The van der Waals surface area contributed by atoms with Crippen molar-refractivity contribution in [3.05, 3.63) is 70.8 Å². The van der Waals surface area contributed by atoms with Crippen LogP contribution in [-0.2, 0) is 9.53 Å². The fourth-order valence-electron chi connectivity index (χ4n) is 5.14. The first-order valence-corrected chi connectivity index (χ1v) is 10.7. The lowest BCUT2D eigenvalue weighted by Gasteiger charge is -2.37.